The van der Waals surface area contributed by atoms with Gasteiger partial charge in [-0.3, -0.25) is 11.3 Å². The standard InChI is InChI=1S/C14H29N3/c1-11(2)10-17(4)14-7-5-6-12(3)13(14)8-9-16-15/h11,13-14,16H,3,5-10,15H2,1-2,4H3/t13-,14+/m0/s1. The number of hydrogen-bond donors (Lipinski definition) is 2. The van der Waals surface area contributed by atoms with Crippen LogP contribution in [0.15, 0.2) is 12.2 Å². The van der Waals surface area contributed by atoms with Gasteiger partial charge in [0.1, 0.15) is 0 Å². The molecule has 1 saturated carbocycles. The summed E-state index contributed by atoms with van der Waals surface area (Å²) in [6.45, 7) is 10.9. The molecule has 1 aliphatic carbocycles. The van der Waals surface area contributed by atoms with Crippen LogP contribution in [0.1, 0.15) is 39.5 Å². The lowest BCUT2D eigenvalue weighted by molar-refractivity contribution is 0.141. The predicted molar refractivity (Wildman–Crippen MR) is 74.5 cm³/mol. The Morgan fingerprint density at radius 3 is 2.82 bits per heavy atom. The van der Waals surface area contributed by atoms with Crippen molar-refractivity contribution in [2.45, 2.75) is 45.6 Å². The molecule has 0 heterocycles. The molecule has 0 aliphatic heterocycles. The van der Waals surface area contributed by atoms with E-state index in [1.54, 1.807) is 0 Å². The Labute approximate surface area is 106 Å². The highest BCUT2D eigenvalue weighted by atomic mass is 15.2. The Bertz CT molecular complexity index is 238. The summed E-state index contributed by atoms with van der Waals surface area (Å²) in [7, 11) is 2.26. The first-order chi connectivity index (χ1) is 8.06. The van der Waals surface area contributed by atoms with Gasteiger partial charge in [0.15, 0.2) is 0 Å². The quantitative estimate of drug-likeness (QED) is 0.424. The van der Waals surface area contributed by atoms with Crippen molar-refractivity contribution in [1.29, 1.82) is 0 Å². The van der Waals surface area contributed by atoms with Crippen molar-refractivity contribution in [3.63, 3.8) is 0 Å². The first-order valence-corrected chi connectivity index (χ1v) is 6.87. The minimum atomic E-state index is 0.614. The molecule has 0 radical (unpaired) electrons. The second-order valence-corrected chi connectivity index (χ2v) is 5.80. The van der Waals surface area contributed by atoms with E-state index in [4.69, 9.17) is 5.84 Å². The maximum atomic E-state index is 5.40. The van der Waals surface area contributed by atoms with Crippen molar-refractivity contribution in [2.75, 3.05) is 20.1 Å². The van der Waals surface area contributed by atoms with Crippen LogP contribution in [0.25, 0.3) is 0 Å². The first-order valence-electron chi connectivity index (χ1n) is 6.87. The molecule has 1 fully saturated rings. The normalized spacial score (nSPS) is 25.9. The minimum absolute atomic E-state index is 0.614. The molecule has 2 atom stereocenters. The second kappa shape index (κ2) is 7.14. The first kappa shape index (κ1) is 14.7. The maximum absolute atomic E-state index is 5.40. The van der Waals surface area contributed by atoms with Crippen LogP contribution < -0.4 is 11.3 Å². The van der Waals surface area contributed by atoms with E-state index in [0.717, 1.165) is 18.9 Å². The SMILES string of the molecule is C=C1CCC[C@@H](N(C)CC(C)C)[C@H]1CCNN. The van der Waals surface area contributed by atoms with Crippen molar-refractivity contribution < 1.29 is 0 Å². The van der Waals surface area contributed by atoms with E-state index < -0.39 is 0 Å². The fraction of sp³-hybridized carbons (Fsp3) is 0.857. The van der Waals surface area contributed by atoms with Gasteiger partial charge in [-0.25, -0.2) is 0 Å². The highest BCUT2D eigenvalue weighted by molar-refractivity contribution is 5.08. The molecule has 1 aliphatic rings. The maximum Gasteiger partial charge on any atom is 0.0158 e. The highest BCUT2D eigenvalue weighted by Crippen LogP contribution is 2.33. The molecule has 17 heavy (non-hydrogen) atoms. The fourth-order valence-corrected chi connectivity index (χ4v) is 3.07. The van der Waals surface area contributed by atoms with Crippen LogP contribution in [0.5, 0.6) is 0 Å². The van der Waals surface area contributed by atoms with Crippen LogP contribution in [-0.2, 0) is 0 Å². The number of hydrazine groups is 1. The molecule has 0 bridgehead atoms. The van der Waals surface area contributed by atoms with Crippen molar-refractivity contribution in [1.82, 2.24) is 10.3 Å². The van der Waals surface area contributed by atoms with Gasteiger partial charge in [0.05, 0.1) is 0 Å². The molecule has 0 amide bonds. The third-order valence-electron chi connectivity index (χ3n) is 3.81. The molecule has 0 aromatic heterocycles. The third kappa shape index (κ3) is 4.41. The summed E-state index contributed by atoms with van der Waals surface area (Å²) in [6.07, 6.45) is 4.90. The Morgan fingerprint density at radius 1 is 1.53 bits per heavy atom. The Hall–Kier alpha value is -0.380. The summed E-state index contributed by atoms with van der Waals surface area (Å²) < 4.78 is 0. The summed E-state index contributed by atoms with van der Waals surface area (Å²) in [4.78, 5) is 2.52. The zero-order valence-electron chi connectivity index (χ0n) is 11.7. The van der Waals surface area contributed by atoms with Gasteiger partial charge < -0.3 is 4.90 Å². The van der Waals surface area contributed by atoms with Crippen LogP contribution >= 0.6 is 0 Å². The van der Waals surface area contributed by atoms with Gasteiger partial charge in [-0.05, 0) is 44.6 Å². The number of nitrogens with zero attached hydrogens (tertiary/aromatic N) is 1. The molecule has 0 unspecified atom stereocenters. The summed E-state index contributed by atoms with van der Waals surface area (Å²) in [6, 6.07) is 0.659. The average molecular weight is 239 g/mol. The summed E-state index contributed by atoms with van der Waals surface area (Å²) in [5.41, 5.74) is 4.20. The number of hydrogen-bond acceptors (Lipinski definition) is 3. The molecule has 3 N–H and O–H groups in total. The van der Waals surface area contributed by atoms with Gasteiger partial charge in [-0.2, -0.15) is 0 Å². The lowest BCUT2D eigenvalue weighted by atomic mass is 9.78. The van der Waals surface area contributed by atoms with E-state index in [9.17, 15) is 0 Å². The van der Waals surface area contributed by atoms with Crippen molar-refractivity contribution in [3.8, 4) is 0 Å². The Kier molecular flexibility index (Phi) is 6.17. The van der Waals surface area contributed by atoms with Gasteiger partial charge in [0.2, 0.25) is 0 Å². The molecule has 1 rings (SSSR count). The minimum Gasteiger partial charge on any atom is -0.303 e. The van der Waals surface area contributed by atoms with Gasteiger partial charge in [0, 0.05) is 19.1 Å². The van der Waals surface area contributed by atoms with Crippen LogP contribution in [-0.4, -0.2) is 31.1 Å². The van der Waals surface area contributed by atoms with Gasteiger partial charge >= 0.3 is 0 Å². The molecular weight excluding hydrogens is 210 g/mol. The van der Waals surface area contributed by atoms with Crippen molar-refractivity contribution in [2.24, 2.45) is 17.7 Å². The lowest BCUT2D eigenvalue weighted by Crippen LogP contribution is -2.43. The number of nitrogens with two attached hydrogens (primary N) is 1. The van der Waals surface area contributed by atoms with Crippen LogP contribution in [0, 0.1) is 11.8 Å². The van der Waals surface area contributed by atoms with Crippen molar-refractivity contribution >= 4 is 0 Å². The molecule has 0 spiro atoms. The van der Waals surface area contributed by atoms with Gasteiger partial charge in [0.25, 0.3) is 0 Å². The van der Waals surface area contributed by atoms with E-state index in [2.05, 4.69) is 37.8 Å². The zero-order chi connectivity index (χ0) is 12.8. The fourth-order valence-electron chi connectivity index (χ4n) is 3.07. The van der Waals surface area contributed by atoms with E-state index >= 15 is 0 Å². The largest absolute Gasteiger partial charge is 0.303 e. The summed E-state index contributed by atoms with van der Waals surface area (Å²) >= 11 is 0. The monoisotopic (exact) mass is 239 g/mol. The predicted octanol–water partition coefficient (Wildman–Crippen LogP) is 2.15. The Morgan fingerprint density at radius 2 is 2.24 bits per heavy atom. The molecule has 0 aromatic carbocycles. The third-order valence-corrected chi connectivity index (χ3v) is 3.81. The molecular formula is C14H29N3. The van der Waals surface area contributed by atoms with Crippen LogP contribution in [0.2, 0.25) is 0 Å². The Balaban J connectivity index is 2.61. The average Bonchev–Trinajstić information content (AvgIpc) is 2.26. The van der Waals surface area contributed by atoms with Gasteiger partial charge in [-0.1, -0.05) is 26.0 Å². The van der Waals surface area contributed by atoms with E-state index in [0.29, 0.717) is 12.0 Å². The van der Waals surface area contributed by atoms with Crippen LogP contribution in [0.3, 0.4) is 0 Å². The summed E-state index contributed by atoms with van der Waals surface area (Å²) in [5, 5.41) is 0. The molecule has 3 nitrogen and oxygen atoms in total. The molecule has 0 aromatic rings. The zero-order valence-corrected chi connectivity index (χ0v) is 11.7. The second-order valence-electron chi connectivity index (χ2n) is 5.80. The van der Waals surface area contributed by atoms with Crippen molar-refractivity contribution in [3.05, 3.63) is 12.2 Å². The van der Waals surface area contributed by atoms with E-state index in [1.165, 1.54) is 31.4 Å². The summed E-state index contributed by atoms with van der Waals surface area (Å²) in [5.74, 6) is 6.74. The number of rotatable bonds is 6. The van der Waals surface area contributed by atoms with Crippen LogP contribution in [0.4, 0.5) is 0 Å². The molecule has 100 valence electrons. The molecule has 3 heteroatoms. The number of nitrogens with one attached hydrogen (secondary N) is 1. The smallest absolute Gasteiger partial charge is 0.0158 e. The van der Waals surface area contributed by atoms with E-state index in [-0.39, 0.29) is 0 Å². The highest BCUT2D eigenvalue weighted by Gasteiger charge is 2.30. The topological polar surface area (TPSA) is 41.3 Å². The molecule has 0 saturated heterocycles. The van der Waals surface area contributed by atoms with E-state index in [1.807, 2.05) is 0 Å². The lowest BCUT2D eigenvalue weighted by Gasteiger charge is -2.40. The van der Waals surface area contributed by atoms with Gasteiger partial charge in [-0.15, -0.1) is 0 Å².